The number of hydrogen-bond donors (Lipinski definition) is 1. The minimum absolute atomic E-state index is 0.0721. The molecule has 100 valence electrons. The van der Waals surface area contributed by atoms with Crippen molar-refractivity contribution >= 4 is 34.5 Å². The molecule has 3 nitrogen and oxygen atoms in total. The number of phenolic OH excluding ortho intramolecular Hbond substituents is 1. The van der Waals surface area contributed by atoms with Crippen LogP contribution in [0.15, 0.2) is 44.9 Å². The molecular weight excluding hydrogens is 272 g/mol. The molecule has 1 aromatic carbocycles. The molecule has 0 atom stereocenters. The van der Waals surface area contributed by atoms with Crippen LogP contribution in [0.25, 0.3) is 23.1 Å². The Morgan fingerprint density at radius 3 is 2.85 bits per heavy atom. The van der Waals surface area contributed by atoms with Gasteiger partial charge in [0.05, 0.1) is 5.39 Å². The van der Waals surface area contributed by atoms with Crippen molar-refractivity contribution in [3.8, 4) is 5.75 Å². The van der Waals surface area contributed by atoms with Gasteiger partial charge in [-0.2, -0.15) is 0 Å². The van der Waals surface area contributed by atoms with E-state index in [1.165, 1.54) is 12.1 Å². The Kier molecular flexibility index (Phi) is 3.16. The fourth-order valence-electron chi connectivity index (χ4n) is 1.99. The number of fused-ring (bicyclic) bond motifs is 1. The van der Waals surface area contributed by atoms with Crippen LogP contribution in [0.3, 0.4) is 0 Å². The molecule has 0 bridgehead atoms. The Bertz CT molecular complexity index is 842. The first-order valence-electron chi connectivity index (χ1n) is 6.13. The van der Waals surface area contributed by atoms with Crippen LogP contribution in [0.4, 0.5) is 0 Å². The first kappa shape index (κ1) is 12.7. The zero-order valence-corrected chi connectivity index (χ0v) is 11.6. The first-order valence-corrected chi connectivity index (χ1v) is 7.01. The number of phenols is 1. The maximum Gasteiger partial charge on any atom is 0.196 e. The van der Waals surface area contributed by atoms with Crippen LogP contribution in [0.1, 0.15) is 16.2 Å². The van der Waals surface area contributed by atoms with Crippen molar-refractivity contribution in [3.05, 3.63) is 62.1 Å². The predicted octanol–water partition coefficient (Wildman–Crippen LogP) is 4.04. The van der Waals surface area contributed by atoms with Crippen LogP contribution in [-0.2, 0) is 0 Å². The molecule has 0 aliphatic rings. The summed E-state index contributed by atoms with van der Waals surface area (Å²) >= 11 is 1.61. The van der Waals surface area contributed by atoms with Crippen molar-refractivity contribution in [2.24, 2.45) is 0 Å². The standard InChI is InChI=1S/C16H12O3S/c1-10-14(7-5-12-3-2-8-20-12)19-15-9-11(17)4-6-13(15)16(10)18/h2-9,17H,1H3/b7-5+. The Labute approximate surface area is 119 Å². The molecule has 4 heteroatoms. The molecule has 0 saturated carbocycles. The maximum absolute atomic E-state index is 12.2. The van der Waals surface area contributed by atoms with Crippen LogP contribution in [0.5, 0.6) is 5.75 Å². The van der Waals surface area contributed by atoms with Crippen molar-refractivity contribution in [3.63, 3.8) is 0 Å². The Morgan fingerprint density at radius 2 is 2.10 bits per heavy atom. The number of hydrogen-bond acceptors (Lipinski definition) is 4. The molecule has 1 N–H and O–H groups in total. The largest absolute Gasteiger partial charge is 0.508 e. The fraction of sp³-hybridized carbons (Fsp3) is 0.0625. The summed E-state index contributed by atoms with van der Waals surface area (Å²) in [7, 11) is 0. The highest BCUT2D eigenvalue weighted by Crippen LogP contribution is 2.22. The Hall–Kier alpha value is -2.33. The zero-order chi connectivity index (χ0) is 14.1. The SMILES string of the molecule is Cc1c(/C=C/c2cccs2)oc2cc(O)ccc2c1=O. The van der Waals surface area contributed by atoms with Gasteiger partial charge in [0, 0.05) is 16.5 Å². The minimum Gasteiger partial charge on any atom is -0.508 e. The highest BCUT2D eigenvalue weighted by Gasteiger charge is 2.09. The second kappa shape index (κ2) is 4.98. The van der Waals surface area contributed by atoms with Crippen LogP contribution < -0.4 is 5.43 Å². The lowest BCUT2D eigenvalue weighted by Gasteiger charge is -2.03. The van der Waals surface area contributed by atoms with E-state index in [1.54, 1.807) is 30.4 Å². The third-order valence-electron chi connectivity index (χ3n) is 3.08. The normalized spacial score (nSPS) is 11.4. The van der Waals surface area contributed by atoms with Gasteiger partial charge in [0.25, 0.3) is 0 Å². The van der Waals surface area contributed by atoms with Crippen LogP contribution in [0.2, 0.25) is 0 Å². The van der Waals surface area contributed by atoms with E-state index >= 15 is 0 Å². The summed E-state index contributed by atoms with van der Waals surface area (Å²) in [6.07, 6.45) is 3.69. The summed E-state index contributed by atoms with van der Waals surface area (Å²) in [6.45, 7) is 1.74. The predicted molar refractivity (Wildman–Crippen MR) is 82.1 cm³/mol. The zero-order valence-electron chi connectivity index (χ0n) is 10.8. The number of rotatable bonds is 2. The fourth-order valence-corrected chi connectivity index (χ4v) is 2.61. The molecule has 3 aromatic rings. The van der Waals surface area contributed by atoms with Crippen LogP contribution in [-0.4, -0.2) is 5.11 Å². The molecule has 0 fully saturated rings. The molecular formula is C16H12O3S. The highest BCUT2D eigenvalue weighted by molar-refractivity contribution is 7.10. The van der Waals surface area contributed by atoms with E-state index in [1.807, 2.05) is 23.6 Å². The summed E-state index contributed by atoms with van der Waals surface area (Å²) < 4.78 is 5.71. The van der Waals surface area contributed by atoms with Crippen molar-refractivity contribution in [2.75, 3.05) is 0 Å². The van der Waals surface area contributed by atoms with E-state index in [0.29, 0.717) is 22.3 Å². The average Bonchev–Trinajstić information content (AvgIpc) is 2.94. The van der Waals surface area contributed by atoms with Crippen LogP contribution >= 0.6 is 11.3 Å². The molecule has 2 heterocycles. The second-order valence-corrected chi connectivity index (χ2v) is 5.43. The molecule has 3 rings (SSSR count). The quantitative estimate of drug-likeness (QED) is 0.772. The van der Waals surface area contributed by atoms with E-state index in [9.17, 15) is 9.90 Å². The summed E-state index contributed by atoms with van der Waals surface area (Å²) in [4.78, 5) is 13.3. The summed E-state index contributed by atoms with van der Waals surface area (Å²) in [5, 5.41) is 12.0. The van der Waals surface area contributed by atoms with Crippen LogP contribution in [0, 0.1) is 6.92 Å². The molecule has 0 spiro atoms. The lowest BCUT2D eigenvalue weighted by molar-refractivity contribution is 0.473. The number of aromatic hydroxyl groups is 1. The Balaban J connectivity index is 2.16. The highest BCUT2D eigenvalue weighted by atomic mass is 32.1. The van der Waals surface area contributed by atoms with E-state index in [0.717, 1.165) is 4.88 Å². The van der Waals surface area contributed by atoms with Gasteiger partial charge < -0.3 is 9.52 Å². The molecule has 0 aliphatic carbocycles. The first-order chi connectivity index (χ1) is 9.65. The third kappa shape index (κ3) is 2.26. The second-order valence-electron chi connectivity index (χ2n) is 4.45. The van der Waals surface area contributed by atoms with E-state index in [2.05, 4.69) is 0 Å². The Morgan fingerprint density at radius 1 is 1.25 bits per heavy atom. The minimum atomic E-state index is -0.0721. The summed E-state index contributed by atoms with van der Waals surface area (Å²) in [5.41, 5.74) is 0.888. The molecule has 0 radical (unpaired) electrons. The van der Waals surface area contributed by atoms with Crippen molar-refractivity contribution in [1.82, 2.24) is 0 Å². The topological polar surface area (TPSA) is 50.4 Å². The average molecular weight is 284 g/mol. The smallest absolute Gasteiger partial charge is 0.196 e. The van der Waals surface area contributed by atoms with Gasteiger partial charge in [0.1, 0.15) is 17.1 Å². The molecule has 20 heavy (non-hydrogen) atoms. The van der Waals surface area contributed by atoms with Gasteiger partial charge in [-0.15, -0.1) is 11.3 Å². The monoisotopic (exact) mass is 284 g/mol. The van der Waals surface area contributed by atoms with Gasteiger partial charge in [-0.05, 0) is 42.7 Å². The third-order valence-corrected chi connectivity index (χ3v) is 3.92. The molecule has 0 amide bonds. The maximum atomic E-state index is 12.2. The van der Waals surface area contributed by atoms with Gasteiger partial charge in [-0.3, -0.25) is 4.79 Å². The summed E-state index contributed by atoms with van der Waals surface area (Å²) in [5.74, 6) is 0.596. The van der Waals surface area contributed by atoms with Gasteiger partial charge >= 0.3 is 0 Å². The van der Waals surface area contributed by atoms with Gasteiger partial charge in [-0.1, -0.05) is 6.07 Å². The molecule has 0 unspecified atom stereocenters. The van der Waals surface area contributed by atoms with Crippen molar-refractivity contribution in [2.45, 2.75) is 6.92 Å². The van der Waals surface area contributed by atoms with Crippen molar-refractivity contribution < 1.29 is 9.52 Å². The molecule has 0 aliphatic heterocycles. The number of benzene rings is 1. The van der Waals surface area contributed by atoms with Gasteiger partial charge in [0.15, 0.2) is 5.43 Å². The van der Waals surface area contributed by atoms with E-state index < -0.39 is 0 Å². The van der Waals surface area contributed by atoms with Crippen molar-refractivity contribution in [1.29, 1.82) is 0 Å². The summed E-state index contributed by atoms with van der Waals surface area (Å²) in [6, 6.07) is 8.47. The van der Waals surface area contributed by atoms with E-state index in [-0.39, 0.29) is 11.2 Å². The number of thiophene rings is 1. The van der Waals surface area contributed by atoms with Gasteiger partial charge in [0.2, 0.25) is 0 Å². The van der Waals surface area contributed by atoms with Gasteiger partial charge in [-0.25, -0.2) is 0 Å². The molecule has 0 saturated heterocycles. The lowest BCUT2D eigenvalue weighted by atomic mass is 10.1. The van der Waals surface area contributed by atoms with E-state index in [4.69, 9.17) is 4.42 Å². The lowest BCUT2D eigenvalue weighted by Crippen LogP contribution is -2.07. The molecule has 2 aromatic heterocycles.